The fraction of sp³-hybridized carbons (Fsp3) is 0.750. The highest BCUT2D eigenvalue weighted by molar-refractivity contribution is 5.81. The fourth-order valence-electron chi connectivity index (χ4n) is 0.831. The van der Waals surface area contributed by atoms with E-state index in [2.05, 4.69) is 4.74 Å². The summed E-state index contributed by atoms with van der Waals surface area (Å²) in [4.78, 5) is 23.3. The van der Waals surface area contributed by atoms with Gasteiger partial charge in [-0.2, -0.15) is 0 Å². The molecule has 0 fully saturated rings. The molecule has 5 heteroatoms. The number of likely N-dealkylation sites (N-methyl/N-ethyl adjacent to an activating group) is 1. The normalized spacial score (nSPS) is 12.0. The smallest absolute Gasteiger partial charge is 0.305 e. The molecular weight excluding hydrogens is 172 g/mol. The van der Waals surface area contributed by atoms with Crippen LogP contribution in [-0.4, -0.2) is 44.0 Å². The number of rotatable bonds is 4. The zero-order valence-corrected chi connectivity index (χ0v) is 8.24. The first-order valence-corrected chi connectivity index (χ1v) is 4.02. The summed E-state index contributed by atoms with van der Waals surface area (Å²) >= 11 is 0. The molecule has 0 saturated heterocycles. The number of carbonyl (C=O) groups is 2. The summed E-state index contributed by atoms with van der Waals surface area (Å²) in [7, 11) is 4.56. The van der Waals surface area contributed by atoms with Gasteiger partial charge in [-0.05, 0) is 6.42 Å². The lowest BCUT2D eigenvalue weighted by Gasteiger charge is -2.15. The summed E-state index contributed by atoms with van der Waals surface area (Å²) < 4.78 is 4.42. The van der Waals surface area contributed by atoms with Crippen molar-refractivity contribution in [2.24, 2.45) is 5.73 Å². The van der Waals surface area contributed by atoms with Gasteiger partial charge in [-0.3, -0.25) is 9.59 Å². The molecule has 0 radical (unpaired) electrons. The SMILES string of the molecule is COC(=O)CCC(N)C(=O)N(C)C. The van der Waals surface area contributed by atoms with Crippen LogP contribution < -0.4 is 5.73 Å². The number of amides is 1. The molecule has 0 aliphatic rings. The molecule has 0 aromatic carbocycles. The number of nitrogens with two attached hydrogens (primary N) is 1. The average molecular weight is 188 g/mol. The molecular formula is C8H16N2O3. The molecule has 1 atom stereocenters. The number of methoxy groups -OCH3 is 1. The molecule has 13 heavy (non-hydrogen) atoms. The van der Waals surface area contributed by atoms with Crippen LogP contribution in [0.1, 0.15) is 12.8 Å². The summed E-state index contributed by atoms with van der Waals surface area (Å²) in [6.45, 7) is 0. The van der Waals surface area contributed by atoms with Crippen LogP contribution in [0, 0.1) is 0 Å². The van der Waals surface area contributed by atoms with E-state index in [1.807, 2.05) is 0 Å². The maximum Gasteiger partial charge on any atom is 0.305 e. The highest BCUT2D eigenvalue weighted by atomic mass is 16.5. The van der Waals surface area contributed by atoms with Gasteiger partial charge in [0.15, 0.2) is 0 Å². The monoisotopic (exact) mass is 188 g/mol. The van der Waals surface area contributed by atoms with Crippen molar-refractivity contribution in [3.05, 3.63) is 0 Å². The van der Waals surface area contributed by atoms with Crippen LogP contribution in [0.25, 0.3) is 0 Å². The molecule has 76 valence electrons. The summed E-state index contributed by atoms with van der Waals surface area (Å²) in [5, 5.41) is 0. The van der Waals surface area contributed by atoms with Crippen LogP contribution in [0.3, 0.4) is 0 Å². The Morgan fingerprint density at radius 1 is 1.46 bits per heavy atom. The Hall–Kier alpha value is -1.10. The van der Waals surface area contributed by atoms with Gasteiger partial charge in [0.2, 0.25) is 5.91 Å². The first-order chi connectivity index (χ1) is 5.99. The molecule has 5 nitrogen and oxygen atoms in total. The van der Waals surface area contributed by atoms with E-state index in [0.717, 1.165) is 0 Å². The minimum atomic E-state index is -0.617. The number of hydrogen-bond donors (Lipinski definition) is 1. The molecule has 0 saturated carbocycles. The van der Waals surface area contributed by atoms with Gasteiger partial charge in [0.25, 0.3) is 0 Å². The van der Waals surface area contributed by atoms with Crippen molar-refractivity contribution in [2.45, 2.75) is 18.9 Å². The first-order valence-electron chi connectivity index (χ1n) is 4.02. The molecule has 0 aliphatic carbocycles. The first kappa shape index (κ1) is 11.9. The predicted octanol–water partition coefficient (Wildman–Crippen LogP) is -0.645. The standard InChI is InChI=1S/C8H16N2O3/c1-10(2)8(12)6(9)4-5-7(11)13-3/h6H,4-5,9H2,1-3H3. The van der Waals surface area contributed by atoms with Crippen LogP contribution in [0.15, 0.2) is 0 Å². The Bertz CT molecular complexity index is 192. The average Bonchev–Trinajstić information content (AvgIpc) is 2.11. The zero-order chi connectivity index (χ0) is 10.4. The van der Waals surface area contributed by atoms with Gasteiger partial charge in [-0.25, -0.2) is 0 Å². The molecule has 2 N–H and O–H groups in total. The Labute approximate surface area is 77.8 Å². The number of nitrogens with zero attached hydrogens (tertiary/aromatic N) is 1. The zero-order valence-electron chi connectivity index (χ0n) is 8.24. The van der Waals surface area contributed by atoms with E-state index in [1.54, 1.807) is 14.1 Å². The van der Waals surface area contributed by atoms with Crippen LogP contribution in [0.5, 0.6) is 0 Å². The Morgan fingerprint density at radius 3 is 2.38 bits per heavy atom. The lowest BCUT2D eigenvalue weighted by molar-refractivity contribution is -0.141. The van der Waals surface area contributed by atoms with Crippen molar-refractivity contribution >= 4 is 11.9 Å². The van der Waals surface area contributed by atoms with Gasteiger partial charge < -0.3 is 15.4 Å². The largest absolute Gasteiger partial charge is 0.469 e. The Balaban J connectivity index is 3.81. The number of esters is 1. The van der Waals surface area contributed by atoms with Crippen molar-refractivity contribution in [1.82, 2.24) is 4.90 Å². The molecule has 1 unspecified atom stereocenters. The van der Waals surface area contributed by atoms with E-state index in [9.17, 15) is 9.59 Å². The van der Waals surface area contributed by atoms with Crippen molar-refractivity contribution in [3.8, 4) is 0 Å². The van der Waals surface area contributed by atoms with Gasteiger partial charge in [0.05, 0.1) is 13.2 Å². The summed E-state index contributed by atoms with van der Waals surface area (Å²) in [6, 6.07) is -0.617. The number of carbonyl (C=O) groups excluding carboxylic acids is 2. The summed E-state index contributed by atoms with van der Waals surface area (Å²) in [5.41, 5.74) is 5.52. The quantitative estimate of drug-likeness (QED) is 0.595. The lowest BCUT2D eigenvalue weighted by atomic mass is 10.1. The second-order valence-corrected chi connectivity index (χ2v) is 2.95. The van der Waals surface area contributed by atoms with E-state index in [-0.39, 0.29) is 18.3 Å². The molecule has 0 aliphatic heterocycles. The van der Waals surface area contributed by atoms with E-state index < -0.39 is 6.04 Å². The molecule has 0 bridgehead atoms. The minimum Gasteiger partial charge on any atom is -0.469 e. The van der Waals surface area contributed by atoms with E-state index in [0.29, 0.717) is 6.42 Å². The number of hydrogen-bond acceptors (Lipinski definition) is 4. The third kappa shape index (κ3) is 4.47. The van der Waals surface area contributed by atoms with Crippen molar-refractivity contribution in [2.75, 3.05) is 21.2 Å². The topological polar surface area (TPSA) is 72.6 Å². The van der Waals surface area contributed by atoms with Gasteiger partial charge in [-0.15, -0.1) is 0 Å². The molecule has 0 aromatic rings. The van der Waals surface area contributed by atoms with Crippen LogP contribution >= 0.6 is 0 Å². The Kier molecular flexibility index (Phi) is 5.06. The van der Waals surface area contributed by atoms with Crippen molar-refractivity contribution in [3.63, 3.8) is 0 Å². The molecule has 0 aromatic heterocycles. The van der Waals surface area contributed by atoms with Crippen molar-refractivity contribution < 1.29 is 14.3 Å². The lowest BCUT2D eigenvalue weighted by Crippen LogP contribution is -2.40. The van der Waals surface area contributed by atoms with Gasteiger partial charge in [0.1, 0.15) is 0 Å². The highest BCUT2D eigenvalue weighted by Crippen LogP contribution is 1.98. The third-order valence-electron chi connectivity index (χ3n) is 1.65. The van der Waals surface area contributed by atoms with Crippen LogP contribution in [0.2, 0.25) is 0 Å². The van der Waals surface area contributed by atoms with E-state index >= 15 is 0 Å². The number of ether oxygens (including phenoxy) is 1. The van der Waals surface area contributed by atoms with Crippen molar-refractivity contribution in [1.29, 1.82) is 0 Å². The molecule has 0 spiro atoms. The van der Waals surface area contributed by atoms with Crippen LogP contribution in [-0.2, 0) is 14.3 Å². The predicted molar refractivity (Wildman–Crippen MR) is 47.9 cm³/mol. The summed E-state index contributed by atoms with van der Waals surface area (Å²) in [6.07, 6.45) is 0.501. The molecule has 0 heterocycles. The van der Waals surface area contributed by atoms with Crippen LogP contribution in [0.4, 0.5) is 0 Å². The van der Waals surface area contributed by atoms with Gasteiger partial charge in [0, 0.05) is 20.5 Å². The maximum absolute atomic E-state index is 11.2. The second-order valence-electron chi connectivity index (χ2n) is 2.95. The highest BCUT2D eigenvalue weighted by Gasteiger charge is 2.16. The van der Waals surface area contributed by atoms with E-state index in [4.69, 9.17) is 5.73 Å². The molecule has 0 rings (SSSR count). The second kappa shape index (κ2) is 5.53. The minimum absolute atomic E-state index is 0.177. The molecule has 1 amide bonds. The van der Waals surface area contributed by atoms with Gasteiger partial charge >= 0.3 is 5.97 Å². The Morgan fingerprint density at radius 2 is 2.00 bits per heavy atom. The maximum atomic E-state index is 11.2. The summed E-state index contributed by atoms with van der Waals surface area (Å²) in [5.74, 6) is -0.522. The fourth-order valence-corrected chi connectivity index (χ4v) is 0.831. The van der Waals surface area contributed by atoms with E-state index in [1.165, 1.54) is 12.0 Å². The third-order valence-corrected chi connectivity index (χ3v) is 1.65. The van der Waals surface area contributed by atoms with Gasteiger partial charge in [-0.1, -0.05) is 0 Å².